The minimum Gasteiger partial charge on any atom is -0.463 e. The normalized spacial score (nSPS) is 19.9. The smallest absolute Gasteiger partial charge is 0.330 e. The number of ether oxygens (including phenoxy) is 3. The Morgan fingerprint density at radius 1 is 1.21 bits per heavy atom. The minimum atomic E-state index is -0.721. The van der Waals surface area contributed by atoms with Gasteiger partial charge in [0, 0.05) is 43.2 Å². The van der Waals surface area contributed by atoms with Crippen molar-refractivity contribution in [3.8, 4) is 0 Å². The minimum absolute atomic E-state index is 0.0580. The molecule has 1 N–H and O–H groups in total. The molecule has 1 fully saturated rings. The fourth-order valence-corrected chi connectivity index (χ4v) is 3.85. The molecule has 3 atom stereocenters. The van der Waals surface area contributed by atoms with E-state index in [2.05, 4.69) is 15.0 Å². The predicted octanol–water partition coefficient (Wildman–Crippen LogP) is 3.51. The Balaban J connectivity index is 1.71. The topological polar surface area (TPSA) is 148 Å². The Morgan fingerprint density at radius 3 is 2.55 bits per heavy atom. The van der Waals surface area contributed by atoms with Crippen LogP contribution in [0.1, 0.15) is 76.0 Å². The molecule has 0 radical (unpaired) electrons. The van der Waals surface area contributed by atoms with Crippen LogP contribution in [0.25, 0.3) is 10.4 Å². The number of nitrogens with one attached hydrogen (secondary N) is 1. The number of aromatic amines is 1. The number of nitrogens with zero attached hydrogens (tertiary/aromatic N) is 4. The molecule has 11 nitrogen and oxygen atoms in total. The number of carbonyl (C=O) groups excluding carboxylic acids is 1. The van der Waals surface area contributed by atoms with Crippen molar-refractivity contribution >= 4 is 5.97 Å². The quantitative estimate of drug-likeness (QED) is 0.138. The van der Waals surface area contributed by atoms with Gasteiger partial charge in [0.15, 0.2) is 0 Å². The summed E-state index contributed by atoms with van der Waals surface area (Å²) in [7, 11) is 1.72. The van der Waals surface area contributed by atoms with Crippen LogP contribution in [-0.2, 0) is 19.0 Å². The summed E-state index contributed by atoms with van der Waals surface area (Å²) in [5, 5.41) is 3.73. The third kappa shape index (κ3) is 9.03. The van der Waals surface area contributed by atoms with E-state index in [4.69, 9.17) is 19.7 Å². The first-order valence-corrected chi connectivity index (χ1v) is 11.6. The molecule has 1 aliphatic heterocycles. The molecule has 2 heterocycles. The Kier molecular flexibility index (Phi) is 11.7. The fraction of sp³-hybridized carbons (Fsp3) is 0.773. The number of carbonyl (C=O) groups is 1. The second kappa shape index (κ2) is 14.5. The van der Waals surface area contributed by atoms with Crippen molar-refractivity contribution in [2.45, 2.75) is 89.5 Å². The van der Waals surface area contributed by atoms with Crippen molar-refractivity contribution in [3.05, 3.63) is 43.0 Å². The SMILES string of the molecule is COCCCCCCCCCCC(=O)OC[C@H]1O[C@@H](n2cc(C)c(=O)[nH]c2=O)CC1N=[N+]=[N-]. The van der Waals surface area contributed by atoms with E-state index in [1.54, 1.807) is 14.0 Å². The molecular formula is C22H35N5O6. The standard InChI is InChI=1S/C22H35N5O6/c1-16-14-27(22(30)24-21(16)29)19-13-17(25-26-23)18(33-19)15-32-20(28)11-9-7-5-3-4-6-8-10-12-31-2/h14,17-19H,3-13,15H2,1-2H3,(H,24,29,30)/t17?,18-,19-/m1/s1. The molecule has 184 valence electrons. The van der Waals surface area contributed by atoms with Gasteiger partial charge in [0.1, 0.15) is 18.9 Å². The molecule has 0 bridgehead atoms. The van der Waals surface area contributed by atoms with Gasteiger partial charge in [-0.3, -0.25) is 19.1 Å². The highest BCUT2D eigenvalue weighted by molar-refractivity contribution is 5.69. The first kappa shape index (κ1) is 26.6. The zero-order valence-corrected chi connectivity index (χ0v) is 19.5. The highest BCUT2D eigenvalue weighted by atomic mass is 16.6. The van der Waals surface area contributed by atoms with Gasteiger partial charge in [-0.1, -0.05) is 43.6 Å². The molecule has 0 spiro atoms. The van der Waals surface area contributed by atoms with E-state index >= 15 is 0 Å². The number of esters is 1. The Bertz CT molecular complexity index is 907. The zero-order chi connectivity index (χ0) is 24.1. The molecule has 2 rings (SSSR count). The Labute approximate surface area is 193 Å². The summed E-state index contributed by atoms with van der Waals surface area (Å²) < 4.78 is 17.5. The molecule has 1 aliphatic rings. The number of rotatable bonds is 15. The molecule has 11 heteroatoms. The molecule has 1 unspecified atom stereocenters. The van der Waals surface area contributed by atoms with Crippen LogP contribution < -0.4 is 11.2 Å². The number of H-pyrrole nitrogens is 1. The maximum atomic E-state index is 12.1. The number of unbranched alkanes of at least 4 members (excludes halogenated alkanes) is 7. The third-order valence-corrected chi connectivity index (χ3v) is 5.75. The maximum absolute atomic E-state index is 12.1. The van der Waals surface area contributed by atoms with E-state index < -0.39 is 29.6 Å². The lowest BCUT2D eigenvalue weighted by molar-refractivity contribution is -0.148. The van der Waals surface area contributed by atoms with Gasteiger partial charge in [-0.05, 0) is 25.3 Å². The van der Waals surface area contributed by atoms with E-state index in [1.165, 1.54) is 30.0 Å². The zero-order valence-electron chi connectivity index (χ0n) is 19.5. The average molecular weight is 466 g/mol. The largest absolute Gasteiger partial charge is 0.463 e. The third-order valence-electron chi connectivity index (χ3n) is 5.75. The van der Waals surface area contributed by atoms with Gasteiger partial charge in [0.05, 0.1) is 6.04 Å². The second-order valence-electron chi connectivity index (χ2n) is 8.37. The number of methoxy groups -OCH3 is 1. The van der Waals surface area contributed by atoms with Crippen LogP contribution in [0.3, 0.4) is 0 Å². The average Bonchev–Trinajstić information content (AvgIpc) is 3.18. The first-order chi connectivity index (χ1) is 16.0. The van der Waals surface area contributed by atoms with E-state index in [0.717, 1.165) is 38.7 Å². The lowest BCUT2D eigenvalue weighted by atomic mass is 10.1. The van der Waals surface area contributed by atoms with Crippen molar-refractivity contribution in [1.82, 2.24) is 9.55 Å². The van der Waals surface area contributed by atoms with Gasteiger partial charge in [-0.25, -0.2) is 4.79 Å². The fourth-order valence-electron chi connectivity index (χ4n) is 3.85. The lowest BCUT2D eigenvalue weighted by Crippen LogP contribution is -2.33. The van der Waals surface area contributed by atoms with Crippen LogP contribution in [0.4, 0.5) is 0 Å². The summed E-state index contributed by atoms with van der Waals surface area (Å²) in [5.74, 6) is -0.321. The van der Waals surface area contributed by atoms with Crippen molar-refractivity contribution in [2.24, 2.45) is 5.11 Å². The summed E-state index contributed by atoms with van der Waals surface area (Å²) in [4.78, 5) is 40.9. The maximum Gasteiger partial charge on any atom is 0.330 e. The van der Waals surface area contributed by atoms with Crippen LogP contribution in [0.5, 0.6) is 0 Å². The van der Waals surface area contributed by atoms with Crippen molar-refractivity contribution in [3.63, 3.8) is 0 Å². The van der Waals surface area contributed by atoms with Gasteiger partial charge in [0.2, 0.25) is 0 Å². The number of aromatic nitrogens is 2. The summed E-state index contributed by atoms with van der Waals surface area (Å²) >= 11 is 0. The van der Waals surface area contributed by atoms with Gasteiger partial charge >= 0.3 is 11.7 Å². The van der Waals surface area contributed by atoms with Crippen molar-refractivity contribution < 1.29 is 19.0 Å². The molecule has 0 aliphatic carbocycles. The monoisotopic (exact) mass is 465 g/mol. The predicted molar refractivity (Wildman–Crippen MR) is 122 cm³/mol. The van der Waals surface area contributed by atoms with Crippen LogP contribution >= 0.6 is 0 Å². The number of hydrogen-bond acceptors (Lipinski definition) is 7. The molecule has 0 aromatic carbocycles. The number of hydrogen-bond donors (Lipinski definition) is 1. The molecular weight excluding hydrogens is 430 g/mol. The van der Waals surface area contributed by atoms with Gasteiger partial charge in [-0.2, -0.15) is 0 Å². The summed E-state index contributed by atoms with van der Waals surface area (Å²) in [6.07, 6.45) is 9.31. The molecule has 33 heavy (non-hydrogen) atoms. The summed E-state index contributed by atoms with van der Waals surface area (Å²) in [6, 6.07) is -0.587. The summed E-state index contributed by atoms with van der Waals surface area (Å²) in [5.41, 5.74) is 8.13. The highest BCUT2D eigenvalue weighted by Crippen LogP contribution is 2.30. The van der Waals surface area contributed by atoms with E-state index in [-0.39, 0.29) is 19.0 Å². The second-order valence-corrected chi connectivity index (χ2v) is 8.37. The van der Waals surface area contributed by atoms with Crippen LogP contribution in [-0.4, -0.2) is 48.0 Å². The van der Waals surface area contributed by atoms with Crippen LogP contribution in [0.15, 0.2) is 20.9 Å². The highest BCUT2D eigenvalue weighted by Gasteiger charge is 2.37. The molecule has 1 aromatic heterocycles. The number of aryl methyl sites for hydroxylation is 1. The molecule has 0 saturated carbocycles. The van der Waals surface area contributed by atoms with Crippen LogP contribution in [0, 0.1) is 6.92 Å². The lowest BCUT2D eigenvalue weighted by Gasteiger charge is -2.17. The molecule has 0 amide bonds. The Morgan fingerprint density at radius 2 is 1.88 bits per heavy atom. The van der Waals surface area contributed by atoms with Gasteiger partial charge in [-0.15, -0.1) is 0 Å². The molecule has 1 saturated heterocycles. The Hall–Kier alpha value is -2.62. The summed E-state index contributed by atoms with van der Waals surface area (Å²) in [6.45, 7) is 2.35. The number of azide groups is 1. The van der Waals surface area contributed by atoms with E-state index in [9.17, 15) is 14.4 Å². The van der Waals surface area contributed by atoms with Gasteiger partial charge < -0.3 is 14.2 Å². The van der Waals surface area contributed by atoms with Crippen LogP contribution in [0.2, 0.25) is 0 Å². The van der Waals surface area contributed by atoms with E-state index in [0.29, 0.717) is 12.0 Å². The van der Waals surface area contributed by atoms with Crippen molar-refractivity contribution in [1.29, 1.82) is 0 Å². The first-order valence-electron chi connectivity index (χ1n) is 11.6. The molecule has 1 aromatic rings. The van der Waals surface area contributed by atoms with Gasteiger partial charge in [0.25, 0.3) is 5.56 Å². The van der Waals surface area contributed by atoms with Crippen molar-refractivity contribution in [2.75, 3.05) is 20.3 Å². The van der Waals surface area contributed by atoms with E-state index in [1.807, 2.05) is 0 Å².